The van der Waals surface area contributed by atoms with E-state index < -0.39 is 7.14 Å². The Morgan fingerprint density at radius 1 is 0.234 bits per heavy atom. The summed E-state index contributed by atoms with van der Waals surface area (Å²) in [4.78, 5) is 0. The highest BCUT2D eigenvalue weighted by atomic mass is 31.2. The Labute approximate surface area is 371 Å². The van der Waals surface area contributed by atoms with Gasteiger partial charge in [0.25, 0.3) is 0 Å². The maximum atomic E-state index is 16.0. The fraction of sp³-hybridized carbons (Fsp3) is 0. The molecule has 0 amide bonds. The molecule has 13 aromatic rings. The average molecular weight is 831 g/mol. The van der Waals surface area contributed by atoms with E-state index in [-0.39, 0.29) is 0 Å². The van der Waals surface area contributed by atoms with Crippen molar-refractivity contribution < 1.29 is 4.57 Å². The van der Waals surface area contributed by atoms with Gasteiger partial charge < -0.3 is 4.57 Å². The SMILES string of the molecule is O=P(c1ccccc1)(c1cccc(-c2ccc(-c3ccc4ccc5cccc6ccc3c4c56)cc2)c1)c1cccc(-c2ccc(-c3ccc4ccc5cccc6ccc3c4c56)cc2)c1. The Morgan fingerprint density at radius 3 is 1.02 bits per heavy atom. The van der Waals surface area contributed by atoms with E-state index in [4.69, 9.17) is 0 Å². The van der Waals surface area contributed by atoms with Crippen molar-refractivity contribution in [2.75, 3.05) is 0 Å². The molecule has 0 aliphatic heterocycles. The molecule has 0 heterocycles. The van der Waals surface area contributed by atoms with Gasteiger partial charge in [-0.05, 0) is 121 Å². The summed E-state index contributed by atoms with van der Waals surface area (Å²) in [5.74, 6) is 0. The molecule has 0 saturated carbocycles. The van der Waals surface area contributed by atoms with E-state index in [1.807, 2.05) is 42.5 Å². The van der Waals surface area contributed by atoms with Crippen LogP contribution in [0.5, 0.6) is 0 Å². The molecule has 0 spiro atoms. The van der Waals surface area contributed by atoms with E-state index in [9.17, 15) is 0 Å². The van der Waals surface area contributed by atoms with Crippen molar-refractivity contribution in [3.05, 3.63) is 237 Å². The Hall–Kier alpha value is -7.83. The van der Waals surface area contributed by atoms with Gasteiger partial charge in [0.15, 0.2) is 7.14 Å². The number of hydrogen-bond acceptors (Lipinski definition) is 1. The molecular weight excluding hydrogens is 792 g/mol. The minimum atomic E-state index is -3.30. The molecule has 0 saturated heterocycles. The van der Waals surface area contributed by atoms with Crippen LogP contribution in [-0.4, -0.2) is 0 Å². The Bertz CT molecular complexity index is 3690. The highest BCUT2D eigenvalue weighted by Crippen LogP contribution is 2.45. The largest absolute Gasteiger partial charge is 0.309 e. The van der Waals surface area contributed by atoms with Crippen molar-refractivity contribution in [3.63, 3.8) is 0 Å². The molecule has 0 N–H and O–H groups in total. The molecule has 0 radical (unpaired) electrons. The van der Waals surface area contributed by atoms with Crippen LogP contribution in [0.3, 0.4) is 0 Å². The lowest BCUT2D eigenvalue weighted by molar-refractivity contribution is 0.592. The lowest BCUT2D eigenvalue weighted by atomic mass is 9.89. The van der Waals surface area contributed by atoms with Crippen LogP contribution in [0, 0.1) is 0 Å². The molecule has 0 aliphatic rings. The molecule has 298 valence electrons. The summed E-state index contributed by atoms with van der Waals surface area (Å²) in [6.07, 6.45) is 0. The van der Waals surface area contributed by atoms with Crippen LogP contribution in [0.15, 0.2) is 237 Å². The zero-order chi connectivity index (χ0) is 42.4. The normalized spacial score (nSPS) is 12.1. The van der Waals surface area contributed by atoms with Gasteiger partial charge >= 0.3 is 0 Å². The second kappa shape index (κ2) is 14.4. The van der Waals surface area contributed by atoms with Crippen LogP contribution < -0.4 is 15.9 Å². The van der Waals surface area contributed by atoms with Crippen molar-refractivity contribution in [1.29, 1.82) is 0 Å². The Kier molecular flexibility index (Phi) is 8.26. The van der Waals surface area contributed by atoms with Gasteiger partial charge in [0.1, 0.15) is 0 Å². The van der Waals surface area contributed by atoms with Gasteiger partial charge in [-0.2, -0.15) is 0 Å². The molecule has 0 aliphatic carbocycles. The molecular formula is C62H39OP. The maximum absolute atomic E-state index is 16.0. The van der Waals surface area contributed by atoms with E-state index in [1.165, 1.54) is 86.9 Å². The lowest BCUT2D eigenvalue weighted by Crippen LogP contribution is -2.25. The fourth-order valence-corrected chi connectivity index (χ4v) is 13.2. The standard InChI is InChI=1S/C62H39OP/c63-64(52-14-2-1-3-15-52,53-16-6-12-50(38-53)40-18-22-42(23-19-40)55-34-30-48-28-26-44-8-4-10-46-32-36-57(55)61(48)59(44)46)54-17-7-13-51(39-54)41-20-24-43(25-21-41)56-35-31-49-29-27-45-9-5-11-47-33-37-58(56)62(49)60(45)47/h1-39H. The van der Waals surface area contributed by atoms with Gasteiger partial charge in [-0.3, -0.25) is 0 Å². The minimum Gasteiger partial charge on any atom is -0.309 e. The van der Waals surface area contributed by atoms with Crippen LogP contribution in [0.2, 0.25) is 0 Å². The third kappa shape index (κ3) is 5.68. The third-order valence-corrected chi connectivity index (χ3v) is 16.7. The van der Waals surface area contributed by atoms with E-state index in [1.54, 1.807) is 0 Å². The highest BCUT2D eigenvalue weighted by Gasteiger charge is 2.30. The molecule has 2 heteroatoms. The van der Waals surface area contributed by atoms with Crippen molar-refractivity contribution in [2.24, 2.45) is 0 Å². The van der Waals surface area contributed by atoms with Crippen molar-refractivity contribution in [3.8, 4) is 44.5 Å². The van der Waals surface area contributed by atoms with Gasteiger partial charge in [0, 0.05) is 15.9 Å². The predicted molar refractivity (Wildman–Crippen MR) is 275 cm³/mol. The van der Waals surface area contributed by atoms with E-state index >= 15 is 4.57 Å². The summed E-state index contributed by atoms with van der Waals surface area (Å²) in [5.41, 5.74) is 9.04. The minimum absolute atomic E-state index is 0.813. The molecule has 1 nitrogen and oxygen atoms in total. The van der Waals surface area contributed by atoms with Crippen molar-refractivity contribution >= 4 is 87.7 Å². The fourth-order valence-electron chi connectivity index (χ4n) is 10.5. The first-order chi connectivity index (χ1) is 31.6. The Balaban J connectivity index is 0.853. The first-order valence-corrected chi connectivity index (χ1v) is 23.7. The summed E-state index contributed by atoms with van der Waals surface area (Å²) in [6.45, 7) is 0. The van der Waals surface area contributed by atoms with Crippen LogP contribution in [0.4, 0.5) is 0 Å². The number of rotatable bonds is 7. The van der Waals surface area contributed by atoms with Crippen molar-refractivity contribution in [2.45, 2.75) is 0 Å². The second-order valence-electron chi connectivity index (χ2n) is 17.1. The van der Waals surface area contributed by atoms with Gasteiger partial charge in [-0.15, -0.1) is 0 Å². The van der Waals surface area contributed by atoms with Gasteiger partial charge in [-0.1, -0.05) is 224 Å². The zero-order valence-corrected chi connectivity index (χ0v) is 35.8. The summed E-state index contributed by atoms with van der Waals surface area (Å²) >= 11 is 0. The summed E-state index contributed by atoms with van der Waals surface area (Å²) in [6, 6.07) is 84.5. The molecule has 0 aromatic heterocycles. The van der Waals surface area contributed by atoms with Gasteiger partial charge in [0.05, 0.1) is 0 Å². The quantitative estimate of drug-likeness (QED) is 0.116. The molecule has 64 heavy (non-hydrogen) atoms. The first kappa shape index (κ1) is 36.8. The first-order valence-electron chi connectivity index (χ1n) is 22.0. The number of benzene rings is 13. The Morgan fingerprint density at radius 2 is 0.578 bits per heavy atom. The topological polar surface area (TPSA) is 17.1 Å². The van der Waals surface area contributed by atoms with E-state index in [0.29, 0.717) is 0 Å². The molecule has 0 unspecified atom stereocenters. The van der Waals surface area contributed by atoms with Crippen LogP contribution >= 0.6 is 7.14 Å². The zero-order valence-electron chi connectivity index (χ0n) is 34.9. The summed E-state index contributed by atoms with van der Waals surface area (Å²) < 4.78 is 16.0. The summed E-state index contributed by atoms with van der Waals surface area (Å²) in [7, 11) is -3.30. The van der Waals surface area contributed by atoms with Crippen LogP contribution in [-0.2, 0) is 4.57 Å². The molecule has 13 aromatic carbocycles. The second-order valence-corrected chi connectivity index (χ2v) is 19.9. The van der Waals surface area contributed by atoms with Crippen LogP contribution in [0.1, 0.15) is 0 Å². The monoisotopic (exact) mass is 830 g/mol. The van der Waals surface area contributed by atoms with Crippen LogP contribution in [0.25, 0.3) is 109 Å². The molecule has 13 rings (SSSR count). The summed E-state index contributed by atoms with van der Waals surface area (Å²) in [5, 5.41) is 17.9. The molecule has 0 bridgehead atoms. The average Bonchev–Trinajstić information content (AvgIpc) is 3.37. The highest BCUT2D eigenvalue weighted by molar-refractivity contribution is 7.85. The number of hydrogen-bond donors (Lipinski definition) is 0. The molecule has 0 atom stereocenters. The van der Waals surface area contributed by atoms with E-state index in [2.05, 4.69) is 194 Å². The molecule has 0 fully saturated rings. The van der Waals surface area contributed by atoms with Gasteiger partial charge in [-0.25, -0.2) is 0 Å². The van der Waals surface area contributed by atoms with Gasteiger partial charge in [0.2, 0.25) is 0 Å². The maximum Gasteiger partial charge on any atom is 0.171 e. The lowest BCUT2D eigenvalue weighted by Gasteiger charge is -2.21. The van der Waals surface area contributed by atoms with Crippen molar-refractivity contribution in [1.82, 2.24) is 0 Å². The smallest absolute Gasteiger partial charge is 0.171 e. The van der Waals surface area contributed by atoms with E-state index in [0.717, 1.165) is 38.2 Å². The third-order valence-electron chi connectivity index (χ3n) is 13.7. The predicted octanol–water partition coefficient (Wildman–Crippen LogP) is 15.8.